The molecule has 7 rings (SSSR count). The number of hydrogen-bond donors (Lipinski definition) is 1. The summed E-state index contributed by atoms with van der Waals surface area (Å²) < 4.78 is 8.41. The minimum atomic E-state index is 0.439. The highest BCUT2D eigenvalue weighted by molar-refractivity contribution is 5.53. The van der Waals surface area contributed by atoms with Crippen molar-refractivity contribution in [2.24, 2.45) is 23.2 Å². The van der Waals surface area contributed by atoms with E-state index in [0.717, 1.165) is 35.8 Å². The zero-order valence-corrected chi connectivity index (χ0v) is 14.7. The fourth-order valence-electron chi connectivity index (χ4n) is 6.47. The van der Waals surface area contributed by atoms with Crippen molar-refractivity contribution in [2.45, 2.75) is 57.3 Å². The number of fused-ring (bicyclic) bond motifs is 1. The Morgan fingerprint density at radius 3 is 2.40 bits per heavy atom. The molecule has 132 valence electrons. The van der Waals surface area contributed by atoms with Gasteiger partial charge in [-0.3, -0.25) is 4.40 Å². The molecule has 0 atom stereocenters. The van der Waals surface area contributed by atoms with E-state index in [2.05, 4.69) is 22.5 Å². The van der Waals surface area contributed by atoms with Gasteiger partial charge in [-0.1, -0.05) is 0 Å². The van der Waals surface area contributed by atoms with Crippen LogP contribution in [0.15, 0.2) is 12.3 Å². The first-order valence-corrected chi connectivity index (χ1v) is 9.94. The van der Waals surface area contributed by atoms with Crippen molar-refractivity contribution in [1.82, 2.24) is 14.6 Å². The molecule has 2 heterocycles. The van der Waals surface area contributed by atoms with E-state index < -0.39 is 0 Å². The maximum atomic E-state index is 6.52. The lowest BCUT2D eigenvalue weighted by molar-refractivity contribution is -0.0746. The highest BCUT2D eigenvalue weighted by Gasteiger charge is 2.51. The molecule has 0 amide bonds. The zero-order chi connectivity index (χ0) is 16.6. The third kappa shape index (κ3) is 2.27. The van der Waals surface area contributed by atoms with E-state index in [9.17, 15) is 0 Å². The summed E-state index contributed by atoms with van der Waals surface area (Å²) in [5.74, 6) is 5.02. The Hall–Kier alpha value is -1.78. The van der Waals surface area contributed by atoms with E-state index >= 15 is 0 Å². The Morgan fingerprint density at radius 1 is 1.08 bits per heavy atom. The average Bonchev–Trinajstić information content (AvgIpc) is 3.36. The summed E-state index contributed by atoms with van der Waals surface area (Å²) in [6.45, 7) is 0.885. The van der Waals surface area contributed by atoms with Crippen LogP contribution in [0.2, 0.25) is 0 Å². The summed E-state index contributed by atoms with van der Waals surface area (Å²) in [6, 6.07) is 2.05. The summed E-state index contributed by atoms with van der Waals surface area (Å²) >= 11 is 0. The standard InChI is InChI=1S/C20H26N4O/c21-19-23-22-18-6-17(16(10-24(18)19)15-1-2-15)25-11-20-7-12-3-13(8-20)5-14(4-12)9-20/h6,10,12-15H,1-5,7-9,11H2,(H2,21,23). The molecule has 2 aromatic rings. The minimum Gasteiger partial charge on any atom is -0.493 e. The van der Waals surface area contributed by atoms with Gasteiger partial charge in [-0.05, 0) is 75.0 Å². The second kappa shape index (κ2) is 4.89. The van der Waals surface area contributed by atoms with E-state index in [-0.39, 0.29) is 0 Å². The molecule has 0 unspecified atom stereocenters. The molecule has 5 nitrogen and oxygen atoms in total. The molecule has 0 radical (unpaired) electrons. The van der Waals surface area contributed by atoms with Crippen LogP contribution >= 0.6 is 0 Å². The van der Waals surface area contributed by atoms with Crippen molar-refractivity contribution in [3.05, 3.63) is 17.8 Å². The Labute approximate surface area is 147 Å². The van der Waals surface area contributed by atoms with Crippen molar-refractivity contribution in [3.8, 4) is 5.75 Å². The van der Waals surface area contributed by atoms with Gasteiger partial charge in [0.1, 0.15) is 5.75 Å². The van der Waals surface area contributed by atoms with Crippen molar-refractivity contribution < 1.29 is 4.74 Å². The smallest absolute Gasteiger partial charge is 0.226 e. The first-order valence-electron chi connectivity index (χ1n) is 9.94. The Bertz CT molecular complexity index is 802. The number of hydrogen-bond acceptors (Lipinski definition) is 4. The van der Waals surface area contributed by atoms with E-state index in [1.807, 2.05) is 4.40 Å². The van der Waals surface area contributed by atoms with Crippen LogP contribution in [-0.4, -0.2) is 21.2 Å². The molecule has 5 saturated carbocycles. The van der Waals surface area contributed by atoms with Crippen molar-refractivity contribution in [3.63, 3.8) is 0 Å². The van der Waals surface area contributed by atoms with Crippen LogP contribution < -0.4 is 10.5 Å². The lowest BCUT2D eigenvalue weighted by atomic mass is 9.50. The van der Waals surface area contributed by atoms with Gasteiger partial charge in [0.15, 0.2) is 5.65 Å². The summed E-state index contributed by atoms with van der Waals surface area (Å²) in [4.78, 5) is 0. The number of rotatable bonds is 4. The first kappa shape index (κ1) is 14.4. The largest absolute Gasteiger partial charge is 0.493 e. The normalized spacial score (nSPS) is 36.2. The lowest BCUT2D eigenvalue weighted by Gasteiger charge is -2.56. The van der Waals surface area contributed by atoms with Gasteiger partial charge in [-0.15, -0.1) is 10.2 Å². The molecule has 4 bridgehead atoms. The maximum absolute atomic E-state index is 6.52. The molecule has 2 aromatic heterocycles. The third-order valence-corrected chi connectivity index (χ3v) is 7.28. The summed E-state index contributed by atoms with van der Waals surface area (Å²) in [6.07, 6.45) is 13.2. The average molecular weight is 338 g/mol. The monoisotopic (exact) mass is 338 g/mol. The van der Waals surface area contributed by atoms with E-state index in [1.54, 1.807) is 0 Å². The van der Waals surface area contributed by atoms with Gasteiger partial charge in [0.2, 0.25) is 5.95 Å². The fourth-order valence-corrected chi connectivity index (χ4v) is 6.47. The molecule has 2 N–H and O–H groups in total. The van der Waals surface area contributed by atoms with Gasteiger partial charge in [0.05, 0.1) is 6.61 Å². The molecule has 0 aliphatic heterocycles. The Kier molecular flexibility index (Phi) is 2.82. The molecular weight excluding hydrogens is 312 g/mol. The van der Waals surface area contributed by atoms with Crippen LogP contribution in [0.25, 0.3) is 5.65 Å². The predicted octanol–water partition coefficient (Wildman–Crippen LogP) is 3.78. The molecule has 0 aromatic carbocycles. The van der Waals surface area contributed by atoms with Gasteiger partial charge in [-0.2, -0.15) is 0 Å². The van der Waals surface area contributed by atoms with Gasteiger partial charge in [0, 0.05) is 23.2 Å². The number of nitrogen functional groups attached to an aromatic ring is 1. The van der Waals surface area contributed by atoms with Crippen LogP contribution in [0.3, 0.4) is 0 Å². The summed E-state index contributed by atoms with van der Waals surface area (Å²) in [5, 5.41) is 8.19. The number of aromatic nitrogens is 3. The third-order valence-electron chi connectivity index (χ3n) is 7.28. The number of anilines is 1. The molecule has 5 heteroatoms. The van der Waals surface area contributed by atoms with E-state index in [4.69, 9.17) is 10.5 Å². The Balaban J connectivity index is 1.30. The van der Waals surface area contributed by atoms with E-state index in [0.29, 0.717) is 17.3 Å². The van der Waals surface area contributed by atoms with Crippen LogP contribution in [0.4, 0.5) is 5.95 Å². The second-order valence-corrected chi connectivity index (χ2v) is 9.36. The van der Waals surface area contributed by atoms with Gasteiger partial charge < -0.3 is 10.5 Å². The molecular formula is C20H26N4O. The molecule has 0 spiro atoms. The molecule has 25 heavy (non-hydrogen) atoms. The predicted molar refractivity (Wildman–Crippen MR) is 95.5 cm³/mol. The van der Waals surface area contributed by atoms with Crippen LogP contribution in [-0.2, 0) is 0 Å². The van der Waals surface area contributed by atoms with Gasteiger partial charge >= 0.3 is 0 Å². The first-order chi connectivity index (χ1) is 12.2. The van der Waals surface area contributed by atoms with Gasteiger partial charge in [0.25, 0.3) is 0 Å². The van der Waals surface area contributed by atoms with E-state index in [1.165, 1.54) is 56.9 Å². The molecule has 0 saturated heterocycles. The minimum absolute atomic E-state index is 0.439. The summed E-state index contributed by atoms with van der Waals surface area (Å²) in [7, 11) is 0. The fraction of sp³-hybridized carbons (Fsp3) is 0.700. The van der Waals surface area contributed by atoms with Crippen LogP contribution in [0, 0.1) is 23.2 Å². The highest BCUT2D eigenvalue weighted by Crippen LogP contribution is 2.60. The topological polar surface area (TPSA) is 65.4 Å². The second-order valence-electron chi connectivity index (χ2n) is 9.36. The SMILES string of the molecule is Nc1nnc2cc(OCC34CC5CC(CC(C5)C3)C4)c(C3CC3)cn12. The molecule has 5 fully saturated rings. The quantitative estimate of drug-likeness (QED) is 0.921. The Morgan fingerprint density at radius 2 is 1.76 bits per heavy atom. The van der Waals surface area contributed by atoms with Crippen LogP contribution in [0.1, 0.15) is 62.8 Å². The van der Waals surface area contributed by atoms with Crippen molar-refractivity contribution in [2.75, 3.05) is 12.3 Å². The number of pyridine rings is 1. The van der Waals surface area contributed by atoms with Crippen molar-refractivity contribution in [1.29, 1.82) is 0 Å². The number of nitrogens with zero attached hydrogens (tertiary/aromatic N) is 3. The molecule has 5 aliphatic rings. The van der Waals surface area contributed by atoms with Gasteiger partial charge in [-0.25, -0.2) is 0 Å². The summed E-state index contributed by atoms with van der Waals surface area (Å²) in [5.41, 5.74) is 8.47. The maximum Gasteiger partial charge on any atom is 0.226 e. The zero-order valence-electron chi connectivity index (χ0n) is 14.7. The van der Waals surface area contributed by atoms with Crippen LogP contribution in [0.5, 0.6) is 5.75 Å². The number of ether oxygens (including phenoxy) is 1. The lowest BCUT2D eigenvalue weighted by Crippen LogP contribution is -2.48. The molecule has 5 aliphatic carbocycles. The number of nitrogens with two attached hydrogens (primary N) is 1. The highest BCUT2D eigenvalue weighted by atomic mass is 16.5. The van der Waals surface area contributed by atoms with Crippen molar-refractivity contribution >= 4 is 11.6 Å².